The highest BCUT2D eigenvalue weighted by Crippen LogP contribution is 2.40. The van der Waals surface area contributed by atoms with E-state index in [1.54, 1.807) is 11.8 Å². The Balaban J connectivity index is 1.49. The summed E-state index contributed by atoms with van der Waals surface area (Å²) >= 11 is 1.78. The minimum atomic E-state index is 0.0395. The van der Waals surface area contributed by atoms with Crippen LogP contribution < -0.4 is 0 Å². The summed E-state index contributed by atoms with van der Waals surface area (Å²) in [5.41, 5.74) is 1.00. The van der Waals surface area contributed by atoms with Gasteiger partial charge in [-0.2, -0.15) is 5.10 Å². The topological polar surface area (TPSA) is 38.1 Å². The van der Waals surface area contributed by atoms with E-state index < -0.39 is 0 Å². The third-order valence-electron chi connectivity index (χ3n) is 5.58. The number of hydrogen-bond acceptors (Lipinski definition) is 3. The average Bonchev–Trinajstić information content (AvgIpc) is 3.22. The first-order valence-electron chi connectivity index (χ1n) is 8.87. The van der Waals surface area contributed by atoms with E-state index in [1.807, 2.05) is 24.0 Å². The molecule has 4 rings (SSSR count). The third-order valence-corrected chi connectivity index (χ3v) is 6.76. The predicted octanol–water partition coefficient (Wildman–Crippen LogP) is 3.31. The third kappa shape index (κ3) is 2.95. The minimum Gasteiger partial charge on any atom is -0.339 e. The lowest BCUT2D eigenvalue weighted by Crippen LogP contribution is -2.51. The van der Waals surface area contributed by atoms with Gasteiger partial charge in [0.05, 0.1) is 11.6 Å². The molecule has 3 atom stereocenters. The maximum atomic E-state index is 13.1. The maximum Gasteiger partial charge on any atom is 0.230 e. The van der Waals surface area contributed by atoms with E-state index >= 15 is 0 Å². The molecular weight excluding hydrogens is 306 g/mol. The number of likely N-dealkylation sites (tertiary alicyclic amines) is 1. The summed E-state index contributed by atoms with van der Waals surface area (Å²) in [5, 5.41) is 4.47. The van der Waals surface area contributed by atoms with E-state index in [0.717, 1.165) is 23.9 Å². The van der Waals surface area contributed by atoms with Crippen LogP contribution in [-0.4, -0.2) is 38.9 Å². The Hall–Kier alpha value is -1.23. The second-order valence-electron chi connectivity index (χ2n) is 7.11. The van der Waals surface area contributed by atoms with Crippen LogP contribution in [0.4, 0.5) is 0 Å². The number of thioether (sulfide) groups is 1. The van der Waals surface area contributed by atoms with E-state index in [4.69, 9.17) is 0 Å². The normalized spacial score (nSPS) is 30.9. The number of carbonyl (C=O) groups excluding carboxylic acids is 1. The molecule has 4 nitrogen and oxygen atoms in total. The summed E-state index contributed by atoms with van der Waals surface area (Å²) in [5.74, 6) is 2.03. The SMILES string of the molecule is Cn1ccc(C2=CC(C(=O)N3CCCC4CCCCC43)CS2)n1. The van der Waals surface area contributed by atoms with Crippen LogP contribution in [-0.2, 0) is 11.8 Å². The van der Waals surface area contributed by atoms with Gasteiger partial charge < -0.3 is 4.90 Å². The summed E-state index contributed by atoms with van der Waals surface area (Å²) in [6.45, 7) is 0.966. The highest BCUT2D eigenvalue weighted by Gasteiger charge is 2.38. The fraction of sp³-hybridized carbons (Fsp3) is 0.667. The lowest BCUT2D eigenvalue weighted by molar-refractivity contribution is -0.139. The number of nitrogens with zero attached hydrogens (tertiary/aromatic N) is 3. The molecule has 1 saturated heterocycles. The summed E-state index contributed by atoms with van der Waals surface area (Å²) in [7, 11) is 1.93. The molecule has 0 N–H and O–H groups in total. The van der Waals surface area contributed by atoms with Crippen LogP contribution in [0.1, 0.15) is 44.2 Å². The highest BCUT2D eigenvalue weighted by atomic mass is 32.2. The van der Waals surface area contributed by atoms with Gasteiger partial charge in [0.15, 0.2) is 0 Å². The summed E-state index contributed by atoms with van der Waals surface area (Å²) in [4.78, 5) is 16.5. The van der Waals surface area contributed by atoms with Crippen LogP contribution in [0.25, 0.3) is 4.91 Å². The lowest BCUT2D eigenvalue weighted by Gasteiger charge is -2.44. The van der Waals surface area contributed by atoms with E-state index in [9.17, 15) is 4.79 Å². The largest absolute Gasteiger partial charge is 0.339 e. The van der Waals surface area contributed by atoms with Crippen molar-refractivity contribution in [2.75, 3.05) is 12.3 Å². The molecule has 1 saturated carbocycles. The van der Waals surface area contributed by atoms with Gasteiger partial charge in [-0.05, 0) is 37.7 Å². The van der Waals surface area contributed by atoms with Gasteiger partial charge in [-0.15, -0.1) is 11.8 Å². The predicted molar refractivity (Wildman–Crippen MR) is 93.8 cm³/mol. The summed E-state index contributed by atoms with van der Waals surface area (Å²) in [6, 6.07) is 2.55. The van der Waals surface area contributed by atoms with Crippen molar-refractivity contribution in [2.24, 2.45) is 18.9 Å². The van der Waals surface area contributed by atoms with Crippen molar-refractivity contribution in [1.29, 1.82) is 0 Å². The lowest BCUT2D eigenvalue weighted by atomic mass is 9.78. The highest BCUT2D eigenvalue weighted by molar-refractivity contribution is 8.08. The molecule has 1 aromatic heterocycles. The maximum absolute atomic E-state index is 13.1. The number of carbonyl (C=O) groups is 1. The molecule has 23 heavy (non-hydrogen) atoms. The van der Waals surface area contributed by atoms with Gasteiger partial charge in [0.2, 0.25) is 5.91 Å². The van der Waals surface area contributed by atoms with Crippen LogP contribution >= 0.6 is 11.8 Å². The van der Waals surface area contributed by atoms with Gasteiger partial charge in [0.1, 0.15) is 0 Å². The second kappa shape index (κ2) is 6.34. The summed E-state index contributed by atoms with van der Waals surface area (Å²) in [6.07, 6.45) is 11.8. The van der Waals surface area contributed by atoms with Crippen molar-refractivity contribution in [3.8, 4) is 0 Å². The van der Waals surface area contributed by atoms with Gasteiger partial charge in [0, 0.05) is 36.5 Å². The molecule has 1 aliphatic carbocycles. The molecule has 3 heterocycles. The molecule has 3 unspecified atom stereocenters. The Kier molecular flexibility index (Phi) is 4.22. The van der Waals surface area contributed by atoms with Crippen LogP contribution in [0, 0.1) is 11.8 Å². The first-order valence-corrected chi connectivity index (χ1v) is 9.86. The molecule has 0 aromatic carbocycles. The number of aryl methyl sites for hydroxylation is 1. The van der Waals surface area contributed by atoms with Crippen LogP contribution in [0.15, 0.2) is 18.3 Å². The van der Waals surface area contributed by atoms with Crippen molar-refractivity contribution in [3.05, 3.63) is 24.0 Å². The molecule has 0 radical (unpaired) electrons. The van der Waals surface area contributed by atoms with Crippen LogP contribution in [0.3, 0.4) is 0 Å². The molecule has 0 bridgehead atoms. The molecule has 0 spiro atoms. The molecule has 1 amide bonds. The zero-order chi connectivity index (χ0) is 15.8. The van der Waals surface area contributed by atoms with E-state index in [0.29, 0.717) is 11.9 Å². The van der Waals surface area contributed by atoms with E-state index in [2.05, 4.69) is 16.1 Å². The first kappa shape index (κ1) is 15.3. The number of piperidine rings is 1. The Morgan fingerprint density at radius 1 is 1.26 bits per heavy atom. The second-order valence-corrected chi connectivity index (χ2v) is 8.17. The van der Waals surface area contributed by atoms with Gasteiger partial charge in [0.25, 0.3) is 0 Å². The zero-order valence-electron chi connectivity index (χ0n) is 13.8. The van der Waals surface area contributed by atoms with Gasteiger partial charge in [-0.3, -0.25) is 9.48 Å². The van der Waals surface area contributed by atoms with Crippen molar-refractivity contribution in [1.82, 2.24) is 14.7 Å². The van der Waals surface area contributed by atoms with Crippen molar-refractivity contribution in [3.63, 3.8) is 0 Å². The number of rotatable bonds is 2. The first-order chi connectivity index (χ1) is 11.2. The number of fused-ring (bicyclic) bond motifs is 1. The fourth-order valence-corrected chi connectivity index (χ4v) is 5.53. The quantitative estimate of drug-likeness (QED) is 0.834. The summed E-state index contributed by atoms with van der Waals surface area (Å²) < 4.78 is 1.82. The van der Waals surface area contributed by atoms with E-state index in [-0.39, 0.29) is 5.92 Å². The standard InChI is InChI=1S/C18H25N3OS/c1-20-10-8-15(19-20)17-11-14(12-23-17)18(22)21-9-4-6-13-5-2-3-7-16(13)21/h8,10-11,13-14,16H,2-7,9,12H2,1H3. The molecule has 5 heteroatoms. The number of hydrogen-bond donors (Lipinski definition) is 0. The Bertz CT molecular complexity index is 622. The van der Waals surface area contributed by atoms with E-state index in [1.165, 1.54) is 43.4 Å². The molecule has 2 fully saturated rings. The minimum absolute atomic E-state index is 0.0395. The van der Waals surface area contributed by atoms with Crippen LogP contribution in [0.2, 0.25) is 0 Å². The molecule has 1 aromatic rings. The van der Waals surface area contributed by atoms with Crippen molar-refractivity contribution in [2.45, 2.75) is 44.6 Å². The molecule has 3 aliphatic rings. The smallest absolute Gasteiger partial charge is 0.230 e. The van der Waals surface area contributed by atoms with Gasteiger partial charge in [-0.25, -0.2) is 0 Å². The monoisotopic (exact) mass is 331 g/mol. The Morgan fingerprint density at radius 2 is 2.09 bits per heavy atom. The van der Waals surface area contributed by atoms with Crippen LogP contribution in [0.5, 0.6) is 0 Å². The zero-order valence-corrected chi connectivity index (χ0v) is 14.6. The molecule has 124 valence electrons. The van der Waals surface area contributed by atoms with Crippen molar-refractivity contribution >= 4 is 22.6 Å². The Morgan fingerprint density at radius 3 is 2.91 bits per heavy atom. The fourth-order valence-electron chi connectivity index (χ4n) is 4.42. The van der Waals surface area contributed by atoms with Crippen molar-refractivity contribution < 1.29 is 4.79 Å². The Labute approximate surface area is 142 Å². The number of amides is 1. The average molecular weight is 331 g/mol. The molecular formula is C18H25N3OS. The number of aromatic nitrogens is 2. The van der Waals surface area contributed by atoms with Gasteiger partial charge >= 0.3 is 0 Å². The molecule has 2 aliphatic heterocycles. The van der Waals surface area contributed by atoms with Gasteiger partial charge in [-0.1, -0.05) is 18.9 Å².